The van der Waals surface area contributed by atoms with Gasteiger partial charge in [0.05, 0.1) is 6.04 Å². The number of benzene rings is 1. The van der Waals surface area contributed by atoms with E-state index in [2.05, 4.69) is 10.6 Å². The largest absolute Gasteiger partial charge is 0.326 e. The first kappa shape index (κ1) is 12.6. The average Bonchev–Trinajstić information content (AvgIpc) is 2.49. The molecule has 0 fully saturated rings. The predicted molar refractivity (Wildman–Crippen MR) is 70.3 cm³/mol. The summed E-state index contributed by atoms with van der Waals surface area (Å²) in [5, 5.41) is 5.60. The molecule has 1 heterocycles. The fourth-order valence-corrected chi connectivity index (χ4v) is 1.91. The molecule has 0 spiro atoms. The molecule has 5 nitrogen and oxygen atoms in total. The Bertz CT molecular complexity index is 483. The van der Waals surface area contributed by atoms with Gasteiger partial charge in [0.25, 0.3) is 0 Å². The van der Waals surface area contributed by atoms with Crippen molar-refractivity contribution in [2.45, 2.75) is 32.2 Å². The molecule has 18 heavy (non-hydrogen) atoms. The van der Waals surface area contributed by atoms with Crippen molar-refractivity contribution in [3.8, 4) is 0 Å². The minimum Gasteiger partial charge on any atom is -0.326 e. The van der Waals surface area contributed by atoms with Gasteiger partial charge in [0.1, 0.15) is 0 Å². The molecule has 1 aliphatic heterocycles. The predicted octanol–water partition coefficient (Wildman–Crippen LogP) is 1.25. The van der Waals surface area contributed by atoms with Gasteiger partial charge >= 0.3 is 0 Å². The second kappa shape index (κ2) is 5.18. The molecule has 1 aromatic rings. The Hall–Kier alpha value is -1.88. The lowest BCUT2D eigenvalue weighted by atomic mass is 10.1. The van der Waals surface area contributed by atoms with Crippen LogP contribution in [-0.4, -0.2) is 17.9 Å². The van der Waals surface area contributed by atoms with Gasteiger partial charge in [-0.05, 0) is 43.5 Å². The first-order chi connectivity index (χ1) is 8.56. The van der Waals surface area contributed by atoms with Crippen LogP contribution in [0.2, 0.25) is 0 Å². The SMILES string of the molecule is C[C@@H](N)C(=O)Nc1ccc2c(c1)CCCC(=O)N2. The van der Waals surface area contributed by atoms with Crippen molar-refractivity contribution in [1.29, 1.82) is 0 Å². The van der Waals surface area contributed by atoms with Gasteiger partial charge in [0, 0.05) is 17.8 Å². The number of hydrogen-bond donors (Lipinski definition) is 3. The molecule has 5 heteroatoms. The number of hydrogen-bond acceptors (Lipinski definition) is 3. The molecule has 0 aromatic heterocycles. The highest BCUT2D eigenvalue weighted by molar-refractivity contribution is 5.96. The van der Waals surface area contributed by atoms with Crippen LogP contribution < -0.4 is 16.4 Å². The van der Waals surface area contributed by atoms with Crippen molar-refractivity contribution >= 4 is 23.2 Å². The first-order valence-electron chi connectivity index (χ1n) is 6.05. The molecule has 0 radical (unpaired) electrons. The summed E-state index contributed by atoms with van der Waals surface area (Å²) in [6.07, 6.45) is 2.19. The summed E-state index contributed by atoms with van der Waals surface area (Å²) in [4.78, 5) is 22.9. The van der Waals surface area contributed by atoms with Crippen molar-refractivity contribution in [3.63, 3.8) is 0 Å². The van der Waals surface area contributed by atoms with E-state index in [0.717, 1.165) is 24.1 Å². The number of nitrogens with two attached hydrogens (primary N) is 1. The third-order valence-electron chi connectivity index (χ3n) is 2.91. The zero-order valence-electron chi connectivity index (χ0n) is 10.3. The van der Waals surface area contributed by atoms with Gasteiger partial charge in [-0.15, -0.1) is 0 Å². The maximum atomic E-state index is 11.5. The molecule has 2 amide bonds. The third-order valence-corrected chi connectivity index (χ3v) is 2.91. The molecule has 0 saturated carbocycles. The van der Waals surface area contributed by atoms with E-state index >= 15 is 0 Å². The molecule has 4 N–H and O–H groups in total. The van der Waals surface area contributed by atoms with Crippen LogP contribution in [-0.2, 0) is 16.0 Å². The number of amides is 2. The summed E-state index contributed by atoms with van der Waals surface area (Å²) >= 11 is 0. The number of aryl methyl sites for hydroxylation is 1. The molecule has 1 aliphatic rings. The Labute approximate surface area is 106 Å². The number of carbonyl (C=O) groups excluding carboxylic acids is 2. The molecule has 1 atom stereocenters. The van der Waals surface area contributed by atoms with Crippen LogP contribution in [0.4, 0.5) is 11.4 Å². The summed E-state index contributed by atoms with van der Waals surface area (Å²) in [6.45, 7) is 1.64. The highest BCUT2D eigenvalue weighted by Gasteiger charge is 2.14. The van der Waals surface area contributed by atoms with Crippen LogP contribution in [0.3, 0.4) is 0 Å². The maximum absolute atomic E-state index is 11.5. The smallest absolute Gasteiger partial charge is 0.240 e. The van der Waals surface area contributed by atoms with Crippen molar-refractivity contribution < 1.29 is 9.59 Å². The highest BCUT2D eigenvalue weighted by atomic mass is 16.2. The Morgan fingerprint density at radius 1 is 1.44 bits per heavy atom. The van der Waals surface area contributed by atoms with Gasteiger partial charge < -0.3 is 16.4 Å². The topological polar surface area (TPSA) is 84.2 Å². The molecule has 0 saturated heterocycles. The molecule has 1 aromatic carbocycles. The van der Waals surface area contributed by atoms with E-state index in [0.29, 0.717) is 12.1 Å². The van der Waals surface area contributed by atoms with E-state index in [1.54, 1.807) is 13.0 Å². The summed E-state index contributed by atoms with van der Waals surface area (Å²) < 4.78 is 0. The number of anilines is 2. The molecule has 0 bridgehead atoms. The lowest BCUT2D eigenvalue weighted by Gasteiger charge is -2.11. The van der Waals surface area contributed by atoms with Crippen molar-refractivity contribution in [2.24, 2.45) is 5.73 Å². The fraction of sp³-hybridized carbons (Fsp3) is 0.385. The van der Waals surface area contributed by atoms with E-state index in [-0.39, 0.29) is 11.8 Å². The van der Waals surface area contributed by atoms with Crippen LogP contribution in [0.25, 0.3) is 0 Å². The van der Waals surface area contributed by atoms with Crippen molar-refractivity contribution in [2.75, 3.05) is 10.6 Å². The van der Waals surface area contributed by atoms with Crippen LogP contribution >= 0.6 is 0 Å². The summed E-state index contributed by atoms with van der Waals surface area (Å²) in [7, 11) is 0. The number of fused-ring (bicyclic) bond motifs is 1. The van der Waals surface area contributed by atoms with Crippen LogP contribution in [0.1, 0.15) is 25.3 Å². The maximum Gasteiger partial charge on any atom is 0.240 e. The van der Waals surface area contributed by atoms with E-state index in [4.69, 9.17) is 5.73 Å². The average molecular weight is 247 g/mol. The van der Waals surface area contributed by atoms with E-state index in [1.165, 1.54) is 0 Å². The van der Waals surface area contributed by atoms with Gasteiger partial charge in [-0.1, -0.05) is 0 Å². The van der Waals surface area contributed by atoms with Gasteiger partial charge in [0.2, 0.25) is 11.8 Å². The zero-order valence-corrected chi connectivity index (χ0v) is 10.3. The number of rotatable bonds is 2. The van der Waals surface area contributed by atoms with Crippen LogP contribution in [0.15, 0.2) is 18.2 Å². The van der Waals surface area contributed by atoms with Gasteiger partial charge in [-0.25, -0.2) is 0 Å². The Balaban J connectivity index is 2.19. The highest BCUT2D eigenvalue weighted by Crippen LogP contribution is 2.25. The monoisotopic (exact) mass is 247 g/mol. The molecule has 96 valence electrons. The lowest BCUT2D eigenvalue weighted by molar-refractivity contribution is -0.117. The second-order valence-electron chi connectivity index (χ2n) is 4.55. The minimum absolute atomic E-state index is 0.0427. The fourth-order valence-electron chi connectivity index (χ4n) is 1.91. The van der Waals surface area contributed by atoms with Crippen molar-refractivity contribution in [3.05, 3.63) is 23.8 Å². The molecule has 0 unspecified atom stereocenters. The Kier molecular flexibility index (Phi) is 3.62. The Morgan fingerprint density at radius 2 is 2.22 bits per heavy atom. The van der Waals surface area contributed by atoms with E-state index < -0.39 is 6.04 Å². The van der Waals surface area contributed by atoms with E-state index in [9.17, 15) is 9.59 Å². The lowest BCUT2D eigenvalue weighted by Crippen LogP contribution is -2.32. The van der Waals surface area contributed by atoms with E-state index in [1.807, 2.05) is 12.1 Å². The zero-order chi connectivity index (χ0) is 13.1. The molecule has 2 rings (SSSR count). The quantitative estimate of drug-likeness (QED) is 0.735. The summed E-state index contributed by atoms with van der Waals surface area (Å²) in [5.41, 5.74) is 8.09. The molecular weight excluding hydrogens is 230 g/mol. The summed E-state index contributed by atoms with van der Waals surface area (Å²) in [5.74, 6) is -0.172. The van der Waals surface area contributed by atoms with Gasteiger partial charge in [-0.3, -0.25) is 9.59 Å². The second-order valence-corrected chi connectivity index (χ2v) is 4.55. The first-order valence-corrected chi connectivity index (χ1v) is 6.05. The van der Waals surface area contributed by atoms with Gasteiger partial charge in [0.15, 0.2) is 0 Å². The normalized spacial score (nSPS) is 16.2. The van der Waals surface area contributed by atoms with Gasteiger partial charge in [-0.2, -0.15) is 0 Å². The summed E-state index contributed by atoms with van der Waals surface area (Å²) in [6, 6.07) is 4.94. The third kappa shape index (κ3) is 2.87. The van der Waals surface area contributed by atoms with Crippen LogP contribution in [0, 0.1) is 0 Å². The molecular formula is C13H17N3O2. The van der Waals surface area contributed by atoms with Crippen molar-refractivity contribution in [1.82, 2.24) is 0 Å². The standard InChI is InChI=1S/C13H17N3O2/c1-8(14)13(18)15-10-5-6-11-9(7-10)3-2-4-12(17)16-11/h5-8H,2-4,14H2,1H3,(H,15,18)(H,16,17)/t8-/m1/s1. The number of carbonyl (C=O) groups is 2. The minimum atomic E-state index is -0.538. The number of nitrogens with one attached hydrogen (secondary N) is 2. The van der Waals surface area contributed by atoms with Crippen LogP contribution in [0.5, 0.6) is 0 Å². The Morgan fingerprint density at radius 3 is 2.94 bits per heavy atom. The molecule has 0 aliphatic carbocycles.